The Morgan fingerprint density at radius 1 is 1.38 bits per heavy atom. The van der Waals surface area contributed by atoms with Gasteiger partial charge in [-0.2, -0.15) is 0 Å². The number of aliphatic carboxylic acids is 1. The van der Waals surface area contributed by atoms with Crippen LogP contribution >= 0.6 is 27.7 Å². The highest BCUT2D eigenvalue weighted by atomic mass is 79.9. The predicted octanol–water partition coefficient (Wildman–Crippen LogP) is 2.53. The first kappa shape index (κ1) is 16.0. The molecule has 0 spiro atoms. The number of hydrogen-bond donors (Lipinski definition) is 1. The molecule has 0 amide bonds. The molecular weight excluding hydrogens is 358 g/mol. The summed E-state index contributed by atoms with van der Waals surface area (Å²) in [5, 5.41) is 17.6. The largest absolute Gasteiger partial charge is 0.481 e. The fourth-order valence-electron chi connectivity index (χ4n) is 1.72. The summed E-state index contributed by atoms with van der Waals surface area (Å²) < 4.78 is 7.95. The van der Waals surface area contributed by atoms with Crippen molar-refractivity contribution in [2.45, 2.75) is 11.7 Å². The Hall–Kier alpha value is -1.38. The molecule has 112 valence electrons. The molecule has 1 heterocycles. The third-order valence-corrected chi connectivity index (χ3v) is 4.14. The van der Waals surface area contributed by atoms with E-state index in [9.17, 15) is 4.79 Å². The number of halogens is 1. The van der Waals surface area contributed by atoms with Crippen molar-refractivity contribution in [3.05, 3.63) is 28.7 Å². The van der Waals surface area contributed by atoms with Crippen LogP contribution in [0.5, 0.6) is 0 Å². The molecule has 0 bridgehead atoms. The summed E-state index contributed by atoms with van der Waals surface area (Å²) in [4.78, 5) is 10.7. The molecule has 1 aromatic heterocycles. The lowest BCUT2D eigenvalue weighted by Gasteiger charge is -2.09. The van der Waals surface area contributed by atoms with Gasteiger partial charge in [0.15, 0.2) is 11.0 Å². The van der Waals surface area contributed by atoms with Crippen molar-refractivity contribution >= 4 is 33.7 Å². The molecule has 0 saturated heterocycles. The molecule has 6 nitrogen and oxygen atoms in total. The first-order chi connectivity index (χ1) is 10.1. The monoisotopic (exact) mass is 371 g/mol. The van der Waals surface area contributed by atoms with E-state index in [2.05, 4.69) is 26.1 Å². The topological polar surface area (TPSA) is 77.2 Å². The maximum absolute atomic E-state index is 10.7. The van der Waals surface area contributed by atoms with Gasteiger partial charge in [0.2, 0.25) is 0 Å². The molecule has 21 heavy (non-hydrogen) atoms. The van der Waals surface area contributed by atoms with Crippen molar-refractivity contribution in [3.63, 3.8) is 0 Å². The highest BCUT2D eigenvalue weighted by molar-refractivity contribution is 9.10. The summed E-state index contributed by atoms with van der Waals surface area (Å²) in [6.45, 7) is 1.07. The molecule has 0 aliphatic heterocycles. The normalized spacial score (nSPS) is 10.8. The van der Waals surface area contributed by atoms with Gasteiger partial charge in [-0.1, -0.05) is 39.8 Å². The zero-order chi connectivity index (χ0) is 15.2. The number of carboxylic acid groups (broad SMARTS) is 1. The molecule has 2 aromatic rings. The average molecular weight is 372 g/mol. The van der Waals surface area contributed by atoms with Crippen LogP contribution in [-0.4, -0.2) is 45.3 Å². The van der Waals surface area contributed by atoms with Crippen molar-refractivity contribution in [3.8, 4) is 11.4 Å². The van der Waals surface area contributed by atoms with Crippen LogP contribution in [0.3, 0.4) is 0 Å². The van der Waals surface area contributed by atoms with E-state index in [1.165, 1.54) is 0 Å². The Balaban J connectivity index is 2.31. The number of methoxy groups -OCH3 is 1. The average Bonchev–Trinajstić information content (AvgIpc) is 2.86. The molecule has 0 aliphatic rings. The van der Waals surface area contributed by atoms with Gasteiger partial charge in [0.1, 0.15) is 0 Å². The third-order valence-electron chi connectivity index (χ3n) is 2.66. The standard InChI is InChI=1S/C13H14BrN3O3S/c1-20-7-6-17-12(9-2-4-10(14)5-3-9)15-16-13(17)21-8-11(18)19/h2-5H,6-8H2,1H3,(H,18,19). The maximum Gasteiger partial charge on any atom is 0.313 e. The lowest BCUT2D eigenvalue weighted by atomic mass is 10.2. The second kappa shape index (κ2) is 7.58. The van der Waals surface area contributed by atoms with Crippen LogP contribution in [0.2, 0.25) is 0 Å². The van der Waals surface area contributed by atoms with Crippen molar-refractivity contribution in [1.29, 1.82) is 0 Å². The number of aromatic nitrogens is 3. The van der Waals surface area contributed by atoms with Gasteiger partial charge >= 0.3 is 5.97 Å². The zero-order valence-electron chi connectivity index (χ0n) is 11.3. The van der Waals surface area contributed by atoms with Crippen molar-refractivity contribution in [1.82, 2.24) is 14.8 Å². The molecule has 0 unspecified atom stereocenters. The summed E-state index contributed by atoms with van der Waals surface area (Å²) in [5.74, 6) is -0.232. The van der Waals surface area contributed by atoms with E-state index in [-0.39, 0.29) is 5.75 Å². The van der Waals surface area contributed by atoms with Gasteiger partial charge < -0.3 is 9.84 Å². The quantitative estimate of drug-likeness (QED) is 0.753. The van der Waals surface area contributed by atoms with E-state index in [4.69, 9.17) is 9.84 Å². The van der Waals surface area contributed by atoms with Gasteiger partial charge in [0.05, 0.1) is 18.9 Å². The lowest BCUT2D eigenvalue weighted by Crippen LogP contribution is -2.08. The van der Waals surface area contributed by atoms with Crippen molar-refractivity contribution in [2.24, 2.45) is 0 Å². The van der Waals surface area contributed by atoms with Crippen LogP contribution < -0.4 is 0 Å². The summed E-state index contributed by atoms with van der Waals surface area (Å²) in [5.41, 5.74) is 0.920. The SMILES string of the molecule is COCCn1c(SCC(=O)O)nnc1-c1ccc(Br)cc1. The van der Waals surface area contributed by atoms with Crippen LogP contribution in [0, 0.1) is 0 Å². The number of carbonyl (C=O) groups is 1. The van der Waals surface area contributed by atoms with Crippen molar-refractivity contribution in [2.75, 3.05) is 19.5 Å². The van der Waals surface area contributed by atoms with Crippen LogP contribution in [0.1, 0.15) is 0 Å². The van der Waals surface area contributed by atoms with Crippen LogP contribution in [0.4, 0.5) is 0 Å². The van der Waals surface area contributed by atoms with Crippen molar-refractivity contribution < 1.29 is 14.6 Å². The Morgan fingerprint density at radius 3 is 2.71 bits per heavy atom. The Labute approximate surface area is 134 Å². The molecule has 8 heteroatoms. The molecule has 0 saturated carbocycles. The summed E-state index contributed by atoms with van der Waals surface area (Å²) in [6, 6.07) is 7.72. The number of rotatable bonds is 7. The highest BCUT2D eigenvalue weighted by Gasteiger charge is 2.15. The van der Waals surface area contributed by atoms with E-state index in [1.54, 1.807) is 7.11 Å². The smallest absolute Gasteiger partial charge is 0.313 e. The first-order valence-electron chi connectivity index (χ1n) is 6.14. The van der Waals surface area contributed by atoms with Gasteiger partial charge in [-0.25, -0.2) is 0 Å². The van der Waals surface area contributed by atoms with Gasteiger partial charge in [-0.3, -0.25) is 9.36 Å². The van der Waals surface area contributed by atoms with E-state index in [0.717, 1.165) is 21.8 Å². The summed E-state index contributed by atoms with van der Waals surface area (Å²) >= 11 is 4.54. The highest BCUT2D eigenvalue weighted by Crippen LogP contribution is 2.25. The van der Waals surface area contributed by atoms with Gasteiger partial charge in [-0.15, -0.1) is 10.2 Å². The minimum atomic E-state index is -0.883. The minimum Gasteiger partial charge on any atom is -0.481 e. The zero-order valence-corrected chi connectivity index (χ0v) is 13.7. The fourth-order valence-corrected chi connectivity index (χ4v) is 2.67. The molecule has 0 atom stereocenters. The lowest BCUT2D eigenvalue weighted by molar-refractivity contribution is -0.133. The Morgan fingerprint density at radius 2 is 2.10 bits per heavy atom. The van der Waals surface area contributed by atoms with E-state index in [0.29, 0.717) is 24.1 Å². The number of hydrogen-bond acceptors (Lipinski definition) is 5. The Bertz CT molecular complexity index is 616. The van der Waals surface area contributed by atoms with Gasteiger partial charge in [0.25, 0.3) is 0 Å². The number of carboxylic acids is 1. The van der Waals surface area contributed by atoms with Gasteiger partial charge in [-0.05, 0) is 12.1 Å². The third kappa shape index (κ3) is 4.29. The number of thioether (sulfide) groups is 1. The summed E-state index contributed by atoms with van der Waals surface area (Å²) in [7, 11) is 1.62. The van der Waals surface area contributed by atoms with Crippen LogP contribution in [0.15, 0.2) is 33.9 Å². The molecule has 0 radical (unpaired) electrons. The van der Waals surface area contributed by atoms with E-state index < -0.39 is 5.97 Å². The molecule has 1 aromatic carbocycles. The van der Waals surface area contributed by atoms with Crippen LogP contribution in [-0.2, 0) is 16.1 Å². The van der Waals surface area contributed by atoms with E-state index >= 15 is 0 Å². The number of ether oxygens (including phenoxy) is 1. The molecular formula is C13H14BrN3O3S. The fraction of sp³-hybridized carbons (Fsp3) is 0.308. The predicted molar refractivity (Wildman–Crippen MR) is 83.4 cm³/mol. The Kier molecular flexibility index (Phi) is 5.77. The molecule has 0 fully saturated rings. The minimum absolute atomic E-state index is 0.0501. The molecule has 2 rings (SSSR count). The van der Waals surface area contributed by atoms with E-state index in [1.807, 2.05) is 28.8 Å². The van der Waals surface area contributed by atoms with Crippen LogP contribution in [0.25, 0.3) is 11.4 Å². The van der Waals surface area contributed by atoms with Gasteiger partial charge in [0, 0.05) is 17.1 Å². The molecule has 1 N–H and O–H groups in total. The number of benzene rings is 1. The maximum atomic E-state index is 10.7. The first-order valence-corrected chi connectivity index (χ1v) is 7.92. The number of nitrogens with zero attached hydrogens (tertiary/aromatic N) is 3. The molecule has 0 aliphatic carbocycles. The summed E-state index contributed by atoms with van der Waals surface area (Å²) in [6.07, 6.45) is 0. The second-order valence-corrected chi connectivity index (χ2v) is 6.00. The second-order valence-electron chi connectivity index (χ2n) is 4.14.